The first-order chi connectivity index (χ1) is 9.63. The van der Waals surface area contributed by atoms with Gasteiger partial charge in [-0.1, -0.05) is 11.6 Å². The first-order valence-electron chi connectivity index (χ1n) is 7.15. The first kappa shape index (κ1) is 15.7. The molecule has 1 aromatic rings. The number of piperidine rings is 1. The second-order valence-corrected chi connectivity index (χ2v) is 5.58. The van der Waals surface area contributed by atoms with Crippen LogP contribution in [0.4, 0.5) is 4.39 Å². The molecule has 0 bridgehead atoms. The summed E-state index contributed by atoms with van der Waals surface area (Å²) in [5.74, 6) is -0.310. The molecule has 0 spiro atoms. The summed E-state index contributed by atoms with van der Waals surface area (Å²) in [5.41, 5.74) is 6.74. The second-order valence-electron chi connectivity index (χ2n) is 5.14. The molecule has 1 saturated heterocycles. The number of likely N-dealkylation sites (tertiary alicyclic amines) is 1. The van der Waals surface area contributed by atoms with Gasteiger partial charge in [0.2, 0.25) is 0 Å². The molecule has 0 saturated carbocycles. The van der Waals surface area contributed by atoms with E-state index in [0.717, 1.165) is 38.1 Å². The van der Waals surface area contributed by atoms with Crippen LogP contribution in [0.15, 0.2) is 18.2 Å². The molecule has 1 aliphatic heterocycles. The van der Waals surface area contributed by atoms with E-state index in [-0.39, 0.29) is 11.9 Å². The van der Waals surface area contributed by atoms with Crippen LogP contribution in [0.2, 0.25) is 5.02 Å². The highest BCUT2D eigenvalue weighted by atomic mass is 35.5. The van der Waals surface area contributed by atoms with E-state index in [9.17, 15) is 4.39 Å². The number of nitrogens with zero attached hydrogens (tertiary/aromatic N) is 1. The molecule has 2 N–H and O–H groups in total. The summed E-state index contributed by atoms with van der Waals surface area (Å²) in [7, 11) is 0. The molecule has 1 unspecified atom stereocenters. The zero-order valence-electron chi connectivity index (χ0n) is 11.8. The lowest BCUT2D eigenvalue weighted by atomic mass is 10.0. The Hall–Kier alpha value is -0.680. The van der Waals surface area contributed by atoms with Crippen molar-refractivity contribution in [1.82, 2.24) is 4.90 Å². The van der Waals surface area contributed by atoms with Crippen LogP contribution in [0, 0.1) is 5.82 Å². The van der Waals surface area contributed by atoms with Crippen molar-refractivity contribution in [3.05, 3.63) is 34.6 Å². The van der Waals surface area contributed by atoms with Gasteiger partial charge in [0.1, 0.15) is 5.82 Å². The van der Waals surface area contributed by atoms with Crippen molar-refractivity contribution < 1.29 is 9.13 Å². The van der Waals surface area contributed by atoms with Crippen molar-refractivity contribution >= 4 is 11.6 Å². The van der Waals surface area contributed by atoms with Crippen LogP contribution in [0.25, 0.3) is 0 Å². The lowest BCUT2D eigenvalue weighted by molar-refractivity contribution is 0.00449. The van der Waals surface area contributed by atoms with E-state index in [0.29, 0.717) is 17.7 Å². The van der Waals surface area contributed by atoms with Crippen LogP contribution in [0.3, 0.4) is 0 Å². The summed E-state index contributed by atoms with van der Waals surface area (Å²) in [6.45, 7) is 5.06. The fraction of sp³-hybridized carbons (Fsp3) is 0.600. The number of halogens is 2. The highest BCUT2D eigenvalue weighted by Gasteiger charge is 2.26. The number of rotatable bonds is 5. The number of ether oxygens (including phenoxy) is 1. The number of hydrogen-bond acceptors (Lipinski definition) is 3. The van der Waals surface area contributed by atoms with Crippen molar-refractivity contribution in [1.29, 1.82) is 0 Å². The molecule has 0 amide bonds. The average molecular weight is 301 g/mol. The van der Waals surface area contributed by atoms with Gasteiger partial charge in [-0.2, -0.15) is 0 Å². The maximum atomic E-state index is 13.5. The largest absolute Gasteiger partial charge is 0.378 e. The summed E-state index contributed by atoms with van der Waals surface area (Å²) in [4.78, 5) is 2.29. The Morgan fingerprint density at radius 1 is 1.40 bits per heavy atom. The molecule has 2 rings (SSSR count). The van der Waals surface area contributed by atoms with Crippen molar-refractivity contribution in [2.75, 3.05) is 26.2 Å². The lowest BCUT2D eigenvalue weighted by Gasteiger charge is -2.37. The summed E-state index contributed by atoms with van der Waals surface area (Å²) < 4.78 is 19.1. The molecular weight excluding hydrogens is 279 g/mol. The minimum absolute atomic E-state index is 0.0192. The van der Waals surface area contributed by atoms with E-state index < -0.39 is 0 Å². The van der Waals surface area contributed by atoms with Crippen molar-refractivity contribution in [2.24, 2.45) is 5.73 Å². The van der Waals surface area contributed by atoms with Crippen molar-refractivity contribution in [2.45, 2.75) is 31.9 Å². The lowest BCUT2D eigenvalue weighted by Crippen LogP contribution is -2.41. The SMILES string of the molecule is CCOC1CCN(C(CN)c2cc(F)cc(Cl)c2)CC1. The molecule has 5 heteroatoms. The standard InChI is InChI=1S/C15H22ClFN2O/c1-2-20-14-3-5-19(6-4-14)15(10-18)11-7-12(16)9-13(17)8-11/h7-9,14-15H,2-6,10,18H2,1H3. The van der Waals surface area contributed by atoms with Crippen LogP contribution in [0.5, 0.6) is 0 Å². The highest BCUT2D eigenvalue weighted by Crippen LogP contribution is 2.27. The van der Waals surface area contributed by atoms with Gasteiger partial charge >= 0.3 is 0 Å². The molecule has 3 nitrogen and oxygen atoms in total. The van der Waals surface area contributed by atoms with E-state index in [1.165, 1.54) is 12.1 Å². The zero-order chi connectivity index (χ0) is 14.5. The molecule has 1 atom stereocenters. The Labute approximate surface area is 124 Å². The molecule has 0 aliphatic carbocycles. The predicted molar refractivity (Wildman–Crippen MR) is 79.4 cm³/mol. The zero-order valence-corrected chi connectivity index (χ0v) is 12.6. The number of benzene rings is 1. The second kappa shape index (κ2) is 7.36. The molecule has 112 valence electrons. The Balaban J connectivity index is 2.05. The topological polar surface area (TPSA) is 38.5 Å². The van der Waals surface area contributed by atoms with Crippen LogP contribution in [-0.4, -0.2) is 37.2 Å². The monoisotopic (exact) mass is 300 g/mol. The average Bonchev–Trinajstić information content (AvgIpc) is 2.41. The van der Waals surface area contributed by atoms with Gasteiger partial charge in [0, 0.05) is 37.3 Å². The molecular formula is C15H22ClFN2O. The summed E-state index contributed by atoms with van der Waals surface area (Å²) in [6, 6.07) is 4.67. The van der Waals surface area contributed by atoms with Crippen LogP contribution < -0.4 is 5.73 Å². The van der Waals surface area contributed by atoms with E-state index in [2.05, 4.69) is 4.90 Å². The Morgan fingerprint density at radius 2 is 2.10 bits per heavy atom. The minimum atomic E-state index is -0.310. The molecule has 1 heterocycles. The van der Waals surface area contributed by atoms with Crippen LogP contribution >= 0.6 is 11.6 Å². The summed E-state index contributed by atoms with van der Waals surface area (Å²) in [5, 5.41) is 0.419. The van der Waals surface area contributed by atoms with E-state index >= 15 is 0 Å². The van der Waals surface area contributed by atoms with Gasteiger partial charge in [-0.3, -0.25) is 4.90 Å². The molecule has 1 fully saturated rings. The Kier molecular flexibility index (Phi) is 5.78. The van der Waals surface area contributed by atoms with E-state index in [4.69, 9.17) is 22.1 Å². The fourth-order valence-electron chi connectivity index (χ4n) is 2.85. The maximum Gasteiger partial charge on any atom is 0.125 e. The predicted octanol–water partition coefficient (Wildman–Crippen LogP) is 2.98. The van der Waals surface area contributed by atoms with Gasteiger partial charge in [-0.15, -0.1) is 0 Å². The molecule has 0 radical (unpaired) electrons. The molecule has 1 aromatic carbocycles. The van der Waals surface area contributed by atoms with Gasteiger partial charge in [0.25, 0.3) is 0 Å². The third kappa shape index (κ3) is 3.92. The fourth-order valence-corrected chi connectivity index (χ4v) is 3.08. The number of nitrogens with two attached hydrogens (primary N) is 1. The minimum Gasteiger partial charge on any atom is -0.378 e. The van der Waals surface area contributed by atoms with Crippen molar-refractivity contribution in [3.8, 4) is 0 Å². The number of hydrogen-bond donors (Lipinski definition) is 1. The first-order valence-corrected chi connectivity index (χ1v) is 7.53. The summed E-state index contributed by atoms with van der Waals surface area (Å²) in [6.07, 6.45) is 2.33. The molecule has 0 aromatic heterocycles. The Morgan fingerprint density at radius 3 is 2.65 bits per heavy atom. The van der Waals surface area contributed by atoms with Gasteiger partial charge in [0.15, 0.2) is 0 Å². The molecule has 1 aliphatic rings. The summed E-state index contributed by atoms with van der Waals surface area (Å²) >= 11 is 5.94. The maximum absolute atomic E-state index is 13.5. The van der Waals surface area contributed by atoms with E-state index in [1.807, 2.05) is 6.92 Å². The van der Waals surface area contributed by atoms with Crippen molar-refractivity contribution in [3.63, 3.8) is 0 Å². The van der Waals surface area contributed by atoms with Crippen LogP contribution in [-0.2, 0) is 4.74 Å². The van der Waals surface area contributed by atoms with Gasteiger partial charge in [-0.05, 0) is 43.5 Å². The van der Waals surface area contributed by atoms with E-state index in [1.54, 1.807) is 6.07 Å². The smallest absolute Gasteiger partial charge is 0.125 e. The quantitative estimate of drug-likeness (QED) is 0.908. The van der Waals surface area contributed by atoms with Crippen LogP contribution in [0.1, 0.15) is 31.4 Å². The van der Waals surface area contributed by atoms with Gasteiger partial charge in [0.05, 0.1) is 6.10 Å². The highest BCUT2D eigenvalue weighted by molar-refractivity contribution is 6.30. The third-order valence-corrected chi connectivity index (χ3v) is 4.03. The van der Waals surface area contributed by atoms with Gasteiger partial charge in [-0.25, -0.2) is 4.39 Å². The Bertz CT molecular complexity index is 416. The normalized spacial score (nSPS) is 19.2. The van der Waals surface area contributed by atoms with Gasteiger partial charge < -0.3 is 10.5 Å². The third-order valence-electron chi connectivity index (χ3n) is 3.81. The molecule has 20 heavy (non-hydrogen) atoms.